The fourth-order valence-corrected chi connectivity index (χ4v) is 3.06. The van der Waals surface area contributed by atoms with Gasteiger partial charge in [-0.15, -0.1) is 11.3 Å². The molecule has 2 rings (SSSR count). The maximum Gasteiger partial charge on any atom is 0.210 e. The molecule has 0 bridgehead atoms. The van der Waals surface area contributed by atoms with Gasteiger partial charge in [-0.2, -0.15) is 0 Å². The van der Waals surface area contributed by atoms with Gasteiger partial charge < -0.3 is 10.5 Å². The van der Waals surface area contributed by atoms with Gasteiger partial charge in [0.15, 0.2) is 0 Å². The first-order valence-electron chi connectivity index (χ1n) is 5.31. The molecule has 0 radical (unpaired) electrons. The van der Waals surface area contributed by atoms with Gasteiger partial charge in [0.2, 0.25) is 10.5 Å². The van der Waals surface area contributed by atoms with Crippen LogP contribution >= 0.6 is 11.3 Å². The third-order valence-electron chi connectivity index (χ3n) is 2.65. The molecule has 0 saturated carbocycles. The Bertz CT molecular complexity index is 425. The number of rotatable bonds is 2. The van der Waals surface area contributed by atoms with Crippen LogP contribution in [0.1, 0.15) is 30.2 Å². The summed E-state index contributed by atoms with van der Waals surface area (Å²) < 4.78 is 5.38. The lowest BCUT2D eigenvalue weighted by Crippen LogP contribution is -2.19. The SMILES string of the molecule is CCOc1sc2c(c(=O)c1N)CCCC2. The van der Waals surface area contributed by atoms with E-state index >= 15 is 0 Å². The molecule has 0 aliphatic heterocycles. The monoisotopic (exact) mass is 225 g/mol. The molecular weight excluding hydrogens is 210 g/mol. The molecular formula is C11H15NO2S. The number of hydrogen-bond donors (Lipinski definition) is 1. The fraction of sp³-hybridized carbons (Fsp3) is 0.545. The quantitative estimate of drug-likeness (QED) is 0.837. The zero-order chi connectivity index (χ0) is 10.8. The Hall–Kier alpha value is -1.03. The van der Waals surface area contributed by atoms with E-state index < -0.39 is 0 Å². The average molecular weight is 225 g/mol. The molecule has 82 valence electrons. The second kappa shape index (κ2) is 4.23. The van der Waals surface area contributed by atoms with Gasteiger partial charge in [0.1, 0.15) is 5.69 Å². The number of hydrogen-bond acceptors (Lipinski definition) is 4. The number of nitrogens with two attached hydrogens (primary N) is 1. The summed E-state index contributed by atoms with van der Waals surface area (Å²) in [5, 5.41) is 0.600. The molecule has 1 aromatic heterocycles. The molecule has 0 aromatic carbocycles. The van der Waals surface area contributed by atoms with E-state index in [2.05, 4.69) is 0 Å². The largest absolute Gasteiger partial charge is 0.483 e. The highest BCUT2D eigenvalue weighted by molar-refractivity contribution is 7.14. The Morgan fingerprint density at radius 3 is 2.87 bits per heavy atom. The first-order chi connectivity index (χ1) is 7.24. The summed E-state index contributed by atoms with van der Waals surface area (Å²) in [4.78, 5) is 13.1. The van der Waals surface area contributed by atoms with Crippen molar-refractivity contribution in [3.05, 3.63) is 20.7 Å². The van der Waals surface area contributed by atoms with E-state index in [9.17, 15) is 4.79 Å². The molecule has 0 unspecified atom stereocenters. The van der Waals surface area contributed by atoms with Crippen molar-refractivity contribution in [3.8, 4) is 5.06 Å². The van der Waals surface area contributed by atoms with Crippen LogP contribution in [0, 0.1) is 0 Å². The summed E-state index contributed by atoms with van der Waals surface area (Å²) in [7, 11) is 0. The minimum atomic E-state index is -0.00750. The Morgan fingerprint density at radius 1 is 1.40 bits per heavy atom. The summed E-state index contributed by atoms with van der Waals surface area (Å²) in [6.45, 7) is 2.45. The minimum absolute atomic E-state index is 0.00750. The van der Waals surface area contributed by atoms with Gasteiger partial charge in [0.05, 0.1) is 6.61 Å². The van der Waals surface area contributed by atoms with Gasteiger partial charge in [-0.1, -0.05) is 0 Å². The Labute approximate surface area is 92.9 Å². The molecule has 1 heterocycles. The molecule has 15 heavy (non-hydrogen) atoms. The van der Waals surface area contributed by atoms with Crippen molar-refractivity contribution in [2.24, 2.45) is 0 Å². The summed E-state index contributed by atoms with van der Waals surface area (Å²) in [5.74, 6) is 0. The van der Waals surface area contributed by atoms with E-state index in [0.29, 0.717) is 17.4 Å². The van der Waals surface area contributed by atoms with Crippen LogP contribution in [0.4, 0.5) is 5.69 Å². The molecule has 3 nitrogen and oxygen atoms in total. The summed E-state index contributed by atoms with van der Waals surface area (Å²) >= 11 is 1.54. The highest BCUT2D eigenvalue weighted by atomic mass is 32.1. The second-order valence-corrected chi connectivity index (χ2v) is 4.74. The molecule has 1 aliphatic carbocycles. The highest BCUT2D eigenvalue weighted by Gasteiger charge is 2.18. The van der Waals surface area contributed by atoms with Crippen molar-refractivity contribution in [2.45, 2.75) is 32.6 Å². The lowest BCUT2D eigenvalue weighted by molar-refractivity contribution is 0.351. The molecule has 0 spiro atoms. The Kier molecular flexibility index (Phi) is 2.95. The van der Waals surface area contributed by atoms with Gasteiger partial charge in [0.25, 0.3) is 0 Å². The van der Waals surface area contributed by atoms with Gasteiger partial charge in [0, 0.05) is 10.4 Å². The van der Waals surface area contributed by atoms with Gasteiger partial charge in [-0.05, 0) is 32.6 Å². The van der Waals surface area contributed by atoms with E-state index in [0.717, 1.165) is 24.8 Å². The van der Waals surface area contributed by atoms with Gasteiger partial charge in [-0.3, -0.25) is 4.79 Å². The summed E-state index contributed by atoms with van der Waals surface area (Å²) in [6.07, 6.45) is 4.14. The van der Waals surface area contributed by atoms with Crippen molar-refractivity contribution < 1.29 is 4.74 Å². The number of nitrogen functional groups attached to an aromatic ring is 1. The third-order valence-corrected chi connectivity index (χ3v) is 3.87. The average Bonchev–Trinajstić information content (AvgIpc) is 2.26. The van der Waals surface area contributed by atoms with Crippen LogP contribution in [0.25, 0.3) is 0 Å². The molecule has 4 heteroatoms. The van der Waals surface area contributed by atoms with E-state index in [1.807, 2.05) is 6.92 Å². The molecule has 0 fully saturated rings. The number of ether oxygens (including phenoxy) is 1. The van der Waals surface area contributed by atoms with E-state index in [1.165, 1.54) is 11.3 Å². The Morgan fingerprint density at radius 2 is 2.13 bits per heavy atom. The van der Waals surface area contributed by atoms with Crippen molar-refractivity contribution in [2.75, 3.05) is 12.3 Å². The van der Waals surface area contributed by atoms with Crippen molar-refractivity contribution in [1.29, 1.82) is 0 Å². The zero-order valence-corrected chi connectivity index (χ0v) is 9.65. The fourth-order valence-electron chi connectivity index (χ4n) is 1.89. The van der Waals surface area contributed by atoms with Crippen LogP contribution < -0.4 is 15.9 Å². The first kappa shape index (κ1) is 10.5. The van der Waals surface area contributed by atoms with Gasteiger partial charge in [-0.25, -0.2) is 0 Å². The van der Waals surface area contributed by atoms with Crippen LogP contribution in [-0.2, 0) is 12.8 Å². The van der Waals surface area contributed by atoms with Crippen molar-refractivity contribution in [3.63, 3.8) is 0 Å². The zero-order valence-electron chi connectivity index (χ0n) is 8.84. The Balaban J connectivity index is 2.53. The second-order valence-electron chi connectivity index (χ2n) is 3.67. The van der Waals surface area contributed by atoms with Crippen LogP contribution in [-0.4, -0.2) is 6.61 Å². The highest BCUT2D eigenvalue weighted by Crippen LogP contribution is 2.32. The summed E-state index contributed by atoms with van der Waals surface area (Å²) in [6, 6.07) is 0. The lowest BCUT2D eigenvalue weighted by Gasteiger charge is -2.16. The van der Waals surface area contributed by atoms with E-state index in [-0.39, 0.29) is 5.43 Å². The smallest absolute Gasteiger partial charge is 0.210 e. The number of fused-ring (bicyclic) bond motifs is 1. The topological polar surface area (TPSA) is 52.3 Å². The molecule has 0 amide bonds. The van der Waals surface area contributed by atoms with Crippen LogP contribution in [0.2, 0.25) is 0 Å². The molecule has 2 N–H and O–H groups in total. The van der Waals surface area contributed by atoms with E-state index in [4.69, 9.17) is 10.5 Å². The predicted molar refractivity (Wildman–Crippen MR) is 62.8 cm³/mol. The van der Waals surface area contributed by atoms with Crippen molar-refractivity contribution >= 4 is 17.0 Å². The van der Waals surface area contributed by atoms with Crippen LogP contribution in [0.15, 0.2) is 4.79 Å². The molecule has 0 saturated heterocycles. The first-order valence-corrected chi connectivity index (χ1v) is 6.12. The number of aryl methyl sites for hydroxylation is 1. The normalized spacial score (nSPS) is 14.7. The maximum absolute atomic E-state index is 11.9. The van der Waals surface area contributed by atoms with Crippen LogP contribution in [0.5, 0.6) is 5.06 Å². The maximum atomic E-state index is 11.9. The minimum Gasteiger partial charge on any atom is -0.483 e. The van der Waals surface area contributed by atoms with Crippen LogP contribution in [0.3, 0.4) is 0 Å². The third kappa shape index (κ3) is 1.86. The summed E-state index contributed by atoms with van der Waals surface area (Å²) in [5.41, 5.74) is 6.98. The van der Waals surface area contributed by atoms with Crippen molar-refractivity contribution in [1.82, 2.24) is 0 Å². The molecule has 1 aromatic rings. The number of anilines is 1. The molecule has 1 aliphatic rings. The lowest BCUT2D eigenvalue weighted by atomic mass is 9.98. The standard InChI is InChI=1S/C11H15NO2S/c1-2-14-11-9(12)10(13)7-5-3-4-6-8(7)15-11/h2-6,12H2,1H3. The molecule has 0 atom stereocenters. The predicted octanol–water partition coefficient (Wildman–Crippen LogP) is 1.97. The van der Waals surface area contributed by atoms with Gasteiger partial charge >= 0.3 is 0 Å². The van der Waals surface area contributed by atoms with E-state index in [1.54, 1.807) is 11.3 Å².